The molecule has 3 rings (SSSR count). The fraction of sp³-hybridized carbons (Fsp3) is 0.150. The lowest BCUT2D eigenvalue weighted by Gasteiger charge is -2.11. The second-order valence-electron chi connectivity index (χ2n) is 5.38. The number of hydrogen-bond donors (Lipinski definition) is 0. The summed E-state index contributed by atoms with van der Waals surface area (Å²) < 4.78 is 10.2. The van der Waals surface area contributed by atoms with E-state index in [4.69, 9.17) is 9.47 Å². The number of methoxy groups -OCH3 is 2. The summed E-state index contributed by atoms with van der Waals surface area (Å²) in [5.41, 5.74) is 2.85. The summed E-state index contributed by atoms with van der Waals surface area (Å²) in [6.07, 6.45) is 0.758. The molecule has 0 saturated heterocycles. The topological polar surface area (TPSA) is 35.5 Å². The van der Waals surface area contributed by atoms with Crippen molar-refractivity contribution in [2.75, 3.05) is 14.2 Å². The van der Waals surface area contributed by atoms with Gasteiger partial charge >= 0.3 is 5.97 Å². The first-order valence-electron chi connectivity index (χ1n) is 7.44. The normalized spacial score (nSPS) is 10.5. The molecule has 0 aromatic heterocycles. The maximum atomic E-state index is 12.0. The predicted molar refractivity (Wildman–Crippen MR) is 91.1 cm³/mol. The molecule has 0 amide bonds. The minimum Gasteiger partial charge on any atom is -0.497 e. The lowest BCUT2D eigenvalue weighted by Crippen LogP contribution is -2.03. The van der Waals surface area contributed by atoms with E-state index in [1.165, 1.54) is 12.7 Å². The van der Waals surface area contributed by atoms with E-state index < -0.39 is 0 Å². The van der Waals surface area contributed by atoms with Crippen molar-refractivity contribution in [1.82, 2.24) is 0 Å². The van der Waals surface area contributed by atoms with Gasteiger partial charge in [-0.25, -0.2) is 4.79 Å². The van der Waals surface area contributed by atoms with Crippen LogP contribution in [0.1, 0.15) is 21.5 Å². The summed E-state index contributed by atoms with van der Waals surface area (Å²) >= 11 is 0. The first-order valence-corrected chi connectivity index (χ1v) is 7.44. The van der Waals surface area contributed by atoms with Gasteiger partial charge in [0.15, 0.2) is 0 Å². The highest BCUT2D eigenvalue weighted by Gasteiger charge is 2.11. The van der Waals surface area contributed by atoms with Gasteiger partial charge in [-0.3, -0.25) is 0 Å². The monoisotopic (exact) mass is 306 g/mol. The molecule has 3 heteroatoms. The van der Waals surface area contributed by atoms with E-state index in [9.17, 15) is 4.79 Å². The molecule has 0 saturated carbocycles. The highest BCUT2D eigenvalue weighted by molar-refractivity contribution is 5.97. The van der Waals surface area contributed by atoms with Crippen molar-refractivity contribution in [2.45, 2.75) is 6.42 Å². The van der Waals surface area contributed by atoms with Crippen LogP contribution in [0.4, 0.5) is 0 Å². The Bertz CT molecular complexity index is 838. The maximum Gasteiger partial charge on any atom is 0.337 e. The second kappa shape index (κ2) is 6.53. The number of benzene rings is 3. The Labute approximate surface area is 135 Å². The number of rotatable bonds is 4. The Morgan fingerprint density at radius 1 is 0.957 bits per heavy atom. The third kappa shape index (κ3) is 3.19. The van der Waals surface area contributed by atoms with Crippen molar-refractivity contribution in [3.8, 4) is 5.75 Å². The molecular formula is C20H18O3. The molecule has 0 fully saturated rings. The average Bonchev–Trinajstić information content (AvgIpc) is 2.61. The summed E-state index contributed by atoms with van der Waals surface area (Å²) in [6.45, 7) is 0. The van der Waals surface area contributed by atoms with Crippen molar-refractivity contribution in [3.63, 3.8) is 0 Å². The van der Waals surface area contributed by atoms with E-state index in [1.54, 1.807) is 7.11 Å². The average molecular weight is 306 g/mol. The summed E-state index contributed by atoms with van der Waals surface area (Å²) in [6, 6.07) is 19.9. The minimum absolute atomic E-state index is 0.330. The van der Waals surface area contributed by atoms with E-state index in [0.29, 0.717) is 5.56 Å². The molecule has 0 aliphatic heterocycles. The van der Waals surface area contributed by atoms with Gasteiger partial charge in [0.2, 0.25) is 0 Å². The quantitative estimate of drug-likeness (QED) is 0.677. The number of esters is 1. The highest BCUT2D eigenvalue weighted by Crippen LogP contribution is 2.27. The van der Waals surface area contributed by atoms with Crippen LogP contribution in [0.25, 0.3) is 10.8 Å². The molecule has 116 valence electrons. The van der Waals surface area contributed by atoms with Crippen LogP contribution in [0.3, 0.4) is 0 Å². The zero-order valence-electron chi connectivity index (χ0n) is 13.2. The number of carbonyl (C=O) groups excluding carboxylic acids is 1. The van der Waals surface area contributed by atoms with Gasteiger partial charge in [0.25, 0.3) is 0 Å². The Morgan fingerprint density at radius 3 is 2.43 bits per heavy atom. The lowest BCUT2D eigenvalue weighted by atomic mass is 9.95. The highest BCUT2D eigenvalue weighted by atomic mass is 16.5. The molecule has 0 N–H and O–H groups in total. The standard InChI is InChI=1S/C20H18O3/c1-22-18-8-9-19-15(10-14-6-4-3-5-7-14)11-17(20(21)23-2)12-16(19)13-18/h3-9,11-13H,10H2,1-2H3. The first kappa shape index (κ1) is 15.1. The summed E-state index contributed by atoms with van der Waals surface area (Å²) in [5, 5.41) is 2.08. The fourth-order valence-electron chi connectivity index (χ4n) is 2.75. The summed E-state index contributed by atoms with van der Waals surface area (Å²) in [7, 11) is 3.03. The van der Waals surface area contributed by atoms with E-state index in [1.807, 2.05) is 48.5 Å². The van der Waals surface area contributed by atoms with Gasteiger partial charge in [0.1, 0.15) is 5.75 Å². The Balaban J connectivity index is 2.15. The number of ether oxygens (including phenoxy) is 2. The molecule has 0 unspecified atom stereocenters. The molecule has 0 atom stereocenters. The van der Waals surface area contributed by atoms with E-state index >= 15 is 0 Å². The Morgan fingerprint density at radius 2 is 1.74 bits per heavy atom. The van der Waals surface area contributed by atoms with Crippen molar-refractivity contribution in [3.05, 3.63) is 77.4 Å². The van der Waals surface area contributed by atoms with Gasteiger partial charge < -0.3 is 9.47 Å². The number of carbonyl (C=O) groups is 1. The molecule has 3 aromatic rings. The van der Waals surface area contributed by atoms with Crippen LogP contribution in [0.2, 0.25) is 0 Å². The van der Waals surface area contributed by atoms with Gasteiger partial charge in [-0.05, 0) is 52.6 Å². The fourth-order valence-corrected chi connectivity index (χ4v) is 2.75. The smallest absolute Gasteiger partial charge is 0.337 e. The van der Waals surface area contributed by atoms with Crippen LogP contribution in [0.5, 0.6) is 5.75 Å². The number of fused-ring (bicyclic) bond motifs is 1. The molecule has 0 bridgehead atoms. The summed E-state index contributed by atoms with van der Waals surface area (Å²) in [4.78, 5) is 12.0. The van der Waals surface area contributed by atoms with Gasteiger partial charge in [0, 0.05) is 0 Å². The van der Waals surface area contributed by atoms with Crippen molar-refractivity contribution in [2.24, 2.45) is 0 Å². The zero-order valence-corrected chi connectivity index (χ0v) is 13.2. The van der Waals surface area contributed by atoms with Crippen LogP contribution in [-0.2, 0) is 11.2 Å². The summed E-state index contributed by atoms with van der Waals surface area (Å²) in [5.74, 6) is 0.439. The van der Waals surface area contributed by atoms with E-state index in [-0.39, 0.29) is 5.97 Å². The Kier molecular flexibility index (Phi) is 4.29. The molecule has 0 radical (unpaired) electrons. The number of hydrogen-bond acceptors (Lipinski definition) is 3. The third-order valence-corrected chi connectivity index (χ3v) is 3.90. The van der Waals surface area contributed by atoms with E-state index in [0.717, 1.165) is 28.5 Å². The van der Waals surface area contributed by atoms with Gasteiger partial charge in [-0.15, -0.1) is 0 Å². The van der Waals surface area contributed by atoms with Crippen LogP contribution < -0.4 is 4.74 Å². The molecule has 0 aliphatic carbocycles. The largest absolute Gasteiger partial charge is 0.497 e. The van der Waals surface area contributed by atoms with Crippen LogP contribution in [0.15, 0.2) is 60.7 Å². The molecule has 3 aromatic carbocycles. The third-order valence-electron chi connectivity index (χ3n) is 3.90. The minimum atomic E-state index is -0.330. The maximum absolute atomic E-state index is 12.0. The van der Waals surface area contributed by atoms with Gasteiger partial charge in [-0.1, -0.05) is 36.4 Å². The molecule has 3 nitrogen and oxygen atoms in total. The van der Waals surface area contributed by atoms with Crippen molar-refractivity contribution in [1.29, 1.82) is 0 Å². The van der Waals surface area contributed by atoms with Gasteiger partial charge in [-0.2, -0.15) is 0 Å². The zero-order chi connectivity index (χ0) is 16.2. The molecule has 23 heavy (non-hydrogen) atoms. The molecular weight excluding hydrogens is 288 g/mol. The predicted octanol–water partition coefficient (Wildman–Crippen LogP) is 4.23. The van der Waals surface area contributed by atoms with E-state index in [2.05, 4.69) is 12.1 Å². The van der Waals surface area contributed by atoms with Crippen molar-refractivity contribution >= 4 is 16.7 Å². The second-order valence-corrected chi connectivity index (χ2v) is 5.38. The van der Waals surface area contributed by atoms with Crippen LogP contribution in [-0.4, -0.2) is 20.2 Å². The SMILES string of the molecule is COC(=O)c1cc(Cc2ccccc2)c2ccc(OC)cc2c1. The first-order chi connectivity index (χ1) is 11.2. The van der Waals surface area contributed by atoms with Gasteiger partial charge in [0.05, 0.1) is 19.8 Å². The molecule has 0 spiro atoms. The van der Waals surface area contributed by atoms with Crippen molar-refractivity contribution < 1.29 is 14.3 Å². The van der Waals surface area contributed by atoms with Crippen LogP contribution >= 0.6 is 0 Å². The molecule has 0 aliphatic rings. The molecule has 0 heterocycles. The Hall–Kier alpha value is -2.81. The lowest BCUT2D eigenvalue weighted by molar-refractivity contribution is 0.0601. The van der Waals surface area contributed by atoms with Crippen LogP contribution in [0, 0.1) is 0 Å².